The maximum absolute atomic E-state index is 13.0. The number of ether oxygens (including phenoxy) is 1. The van der Waals surface area contributed by atoms with E-state index in [1.165, 1.54) is 11.1 Å². The molecule has 0 heterocycles. The number of benzene rings is 2. The predicted octanol–water partition coefficient (Wildman–Crippen LogP) is 3.47. The summed E-state index contributed by atoms with van der Waals surface area (Å²) in [5.74, 6) is -0.0141. The molecule has 1 aliphatic carbocycles. The summed E-state index contributed by atoms with van der Waals surface area (Å²) < 4.78 is 5.19. The number of para-hydroxylation sites is 1. The molecule has 0 unspecified atom stereocenters. The smallest absolute Gasteiger partial charge is 0.232 e. The van der Waals surface area contributed by atoms with E-state index in [0.29, 0.717) is 6.61 Å². The molecule has 0 aromatic heterocycles. The summed E-state index contributed by atoms with van der Waals surface area (Å²) in [5, 5.41) is 0. The summed E-state index contributed by atoms with van der Waals surface area (Å²) in [5.41, 5.74) is 3.68. The third-order valence-electron chi connectivity index (χ3n) is 4.50. The molecule has 2 aromatic rings. The van der Waals surface area contributed by atoms with Crippen molar-refractivity contribution in [1.82, 2.24) is 0 Å². The van der Waals surface area contributed by atoms with Crippen LogP contribution >= 0.6 is 0 Å². The van der Waals surface area contributed by atoms with Gasteiger partial charge in [-0.2, -0.15) is 0 Å². The molecule has 0 saturated carbocycles. The van der Waals surface area contributed by atoms with Crippen LogP contribution in [0.5, 0.6) is 0 Å². The van der Waals surface area contributed by atoms with E-state index in [9.17, 15) is 4.79 Å². The van der Waals surface area contributed by atoms with E-state index in [-0.39, 0.29) is 17.9 Å². The van der Waals surface area contributed by atoms with Crippen LogP contribution in [0.1, 0.15) is 18.1 Å². The van der Waals surface area contributed by atoms with Crippen LogP contribution in [0.4, 0.5) is 5.69 Å². The highest BCUT2D eigenvalue weighted by atomic mass is 16.5. The van der Waals surface area contributed by atoms with Crippen LogP contribution in [0.3, 0.4) is 0 Å². The normalized spacial score (nSPS) is 15.2. The number of anilines is 1. The van der Waals surface area contributed by atoms with Crippen molar-refractivity contribution in [3.8, 4) is 0 Å². The molecule has 0 bridgehead atoms. The second-order valence-corrected chi connectivity index (χ2v) is 6.23. The van der Waals surface area contributed by atoms with E-state index in [1.807, 2.05) is 42.2 Å². The number of rotatable bonds is 5. The van der Waals surface area contributed by atoms with Crippen molar-refractivity contribution < 1.29 is 9.53 Å². The van der Waals surface area contributed by atoms with Gasteiger partial charge in [0.05, 0.1) is 12.5 Å². The molecule has 0 N–H and O–H groups in total. The number of amides is 1. The average molecular weight is 309 g/mol. The zero-order valence-electron chi connectivity index (χ0n) is 13.7. The number of carbonyl (C=O) groups is 1. The molecule has 0 radical (unpaired) electrons. The van der Waals surface area contributed by atoms with Crippen LogP contribution < -0.4 is 4.90 Å². The van der Waals surface area contributed by atoms with Crippen molar-refractivity contribution in [3.05, 3.63) is 65.7 Å². The Morgan fingerprint density at radius 1 is 1.09 bits per heavy atom. The summed E-state index contributed by atoms with van der Waals surface area (Å²) >= 11 is 0. The minimum Gasteiger partial charge on any atom is -0.384 e. The fourth-order valence-corrected chi connectivity index (χ4v) is 3.38. The first-order chi connectivity index (χ1) is 11.2. The van der Waals surface area contributed by atoms with Gasteiger partial charge in [0.2, 0.25) is 5.91 Å². The van der Waals surface area contributed by atoms with Gasteiger partial charge in [0, 0.05) is 18.8 Å². The first-order valence-corrected chi connectivity index (χ1v) is 8.14. The molecule has 1 atom stereocenters. The van der Waals surface area contributed by atoms with E-state index in [0.717, 1.165) is 18.5 Å². The minimum atomic E-state index is -0.149. The number of carbonyl (C=O) groups excluding carboxylic acids is 1. The molecular formula is C20H23NO2. The maximum Gasteiger partial charge on any atom is 0.232 e. The molecule has 3 heteroatoms. The molecule has 3 rings (SSSR count). The lowest BCUT2D eigenvalue weighted by atomic mass is 10.1. The van der Waals surface area contributed by atoms with Gasteiger partial charge in [-0.15, -0.1) is 0 Å². The Morgan fingerprint density at radius 2 is 1.65 bits per heavy atom. The summed E-state index contributed by atoms with van der Waals surface area (Å²) in [4.78, 5) is 15.0. The molecule has 0 saturated heterocycles. The van der Waals surface area contributed by atoms with Gasteiger partial charge >= 0.3 is 0 Å². The number of fused-ring (bicyclic) bond motifs is 1. The summed E-state index contributed by atoms with van der Waals surface area (Å²) in [6.07, 6.45) is 1.83. The summed E-state index contributed by atoms with van der Waals surface area (Å²) in [6.45, 7) is 2.38. The highest BCUT2D eigenvalue weighted by Gasteiger charge is 2.32. The van der Waals surface area contributed by atoms with Gasteiger partial charge in [0.1, 0.15) is 0 Å². The SMILES string of the molecule is COC[C@H](C)C(=O)N(c1ccccc1)C1Cc2ccccc2C1. The van der Waals surface area contributed by atoms with Gasteiger partial charge in [-0.25, -0.2) is 0 Å². The number of hydrogen-bond donors (Lipinski definition) is 0. The Labute approximate surface area is 137 Å². The summed E-state index contributed by atoms with van der Waals surface area (Å²) in [7, 11) is 1.64. The van der Waals surface area contributed by atoms with E-state index >= 15 is 0 Å². The van der Waals surface area contributed by atoms with Crippen LogP contribution in [0.25, 0.3) is 0 Å². The predicted molar refractivity (Wildman–Crippen MR) is 92.6 cm³/mol. The highest BCUT2D eigenvalue weighted by molar-refractivity contribution is 5.95. The Hall–Kier alpha value is -2.13. The van der Waals surface area contributed by atoms with Gasteiger partial charge in [0.15, 0.2) is 0 Å². The van der Waals surface area contributed by atoms with Gasteiger partial charge < -0.3 is 9.64 Å². The van der Waals surface area contributed by atoms with E-state index in [2.05, 4.69) is 24.3 Å². The zero-order chi connectivity index (χ0) is 16.2. The van der Waals surface area contributed by atoms with Gasteiger partial charge in [-0.05, 0) is 36.1 Å². The third kappa shape index (κ3) is 3.30. The minimum absolute atomic E-state index is 0.135. The molecule has 1 amide bonds. The Balaban J connectivity index is 1.89. The van der Waals surface area contributed by atoms with Crippen molar-refractivity contribution in [1.29, 1.82) is 0 Å². The first kappa shape index (κ1) is 15.8. The topological polar surface area (TPSA) is 29.5 Å². The molecule has 1 aliphatic rings. The lowest BCUT2D eigenvalue weighted by molar-refractivity contribution is -0.123. The summed E-state index contributed by atoms with van der Waals surface area (Å²) in [6, 6.07) is 18.6. The molecule has 0 fully saturated rings. The van der Waals surface area contributed by atoms with Gasteiger partial charge in [0.25, 0.3) is 0 Å². The van der Waals surface area contributed by atoms with Crippen LogP contribution in [-0.2, 0) is 22.4 Å². The van der Waals surface area contributed by atoms with E-state index in [4.69, 9.17) is 4.74 Å². The van der Waals surface area contributed by atoms with Crippen LogP contribution in [0, 0.1) is 5.92 Å². The largest absolute Gasteiger partial charge is 0.384 e. The van der Waals surface area contributed by atoms with Crippen molar-refractivity contribution in [3.63, 3.8) is 0 Å². The first-order valence-electron chi connectivity index (χ1n) is 8.14. The number of hydrogen-bond acceptors (Lipinski definition) is 2. The molecule has 3 nitrogen and oxygen atoms in total. The Kier molecular flexibility index (Phi) is 4.77. The molecule has 23 heavy (non-hydrogen) atoms. The fraction of sp³-hybridized carbons (Fsp3) is 0.350. The molecule has 2 aromatic carbocycles. The molecule has 0 aliphatic heterocycles. The maximum atomic E-state index is 13.0. The zero-order valence-corrected chi connectivity index (χ0v) is 13.7. The van der Waals surface area contributed by atoms with Crippen LogP contribution in [0.2, 0.25) is 0 Å². The second-order valence-electron chi connectivity index (χ2n) is 6.23. The van der Waals surface area contributed by atoms with Crippen molar-refractivity contribution in [2.45, 2.75) is 25.8 Å². The molecule has 0 spiro atoms. The number of methoxy groups -OCH3 is 1. The highest BCUT2D eigenvalue weighted by Crippen LogP contribution is 2.30. The standard InChI is InChI=1S/C20H23NO2/c1-15(14-23-2)20(22)21(18-10-4-3-5-11-18)19-12-16-8-6-7-9-17(16)13-19/h3-11,15,19H,12-14H2,1-2H3/t15-/m0/s1. The second kappa shape index (κ2) is 6.97. The molecular weight excluding hydrogens is 286 g/mol. The van der Waals surface area contributed by atoms with Crippen molar-refractivity contribution >= 4 is 11.6 Å². The van der Waals surface area contributed by atoms with Crippen LogP contribution in [-0.4, -0.2) is 25.7 Å². The van der Waals surface area contributed by atoms with Crippen molar-refractivity contribution in [2.75, 3.05) is 18.6 Å². The fourth-order valence-electron chi connectivity index (χ4n) is 3.38. The Morgan fingerprint density at radius 3 is 2.22 bits per heavy atom. The quantitative estimate of drug-likeness (QED) is 0.846. The van der Waals surface area contributed by atoms with Gasteiger partial charge in [-0.3, -0.25) is 4.79 Å². The van der Waals surface area contributed by atoms with E-state index < -0.39 is 0 Å². The Bertz CT molecular complexity index is 643. The van der Waals surface area contributed by atoms with E-state index in [1.54, 1.807) is 7.11 Å². The van der Waals surface area contributed by atoms with Gasteiger partial charge in [-0.1, -0.05) is 49.4 Å². The lowest BCUT2D eigenvalue weighted by Gasteiger charge is -2.31. The van der Waals surface area contributed by atoms with Crippen LogP contribution in [0.15, 0.2) is 54.6 Å². The third-order valence-corrected chi connectivity index (χ3v) is 4.50. The van der Waals surface area contributed by atoms with Crippen molar-refractivity contribution in [2.24, 2.45) is 5.92 Å². The molecule has 120 valence electrons. The number of nitrogens with zero attached hydrogens (tertiary/aromatic N) is 1. The average Bonchev–Trinajstić information content (AvgIpc) is 2.99. The lowest BCUT2D eigenvalue weighted by Crippen LogP contribution is -2.44. The monoisotopic (exact) mass is 309 g/mol.